The second-order valence-electron chi connectivity index (χ2n) is 11.0. The Bertz CT molecular complexity index is 689. The lowest BCUT2D eigenvalue weighted by Gasteiger charge is -2.56. The molecule has 0 amide bonds. The number of allylic oxidation sites excluding steroid dienone is 1. The Morgan fingerprint density at radius 2 is 1.48 bits per heavy atom. The van der Waals surface area contributed by atoms with E-state index in [0.717, 1.165) is 0 Å². The normalized spacial score (nSPS) is 19.8. The van der Waals surface area contributed by atoms with Crippen molar-refractivity contribution in [1.82, 2.24) is 4.90 Å². The number of unbranched alkanes of at least 4 members (excludes halogenated alkanes) is 5. The molecular weight excluding hydrogens is 350 g/mol. The third-order valence-corrected chi connectivity index (χ3v) is 7.69. The first-order valence-corrected chi connectivity index (χ1v) is 12.1. The van der Waals surface area contributed by atoms with Crippen LogP contribution in [0, 0.1) is 5.92 Å². The van der Waals surface area contributed by atoms with Crippen molar-refractivity contribution < 1.29 is 0 Å². The fourth-order valence-corrected chi connectivity index (χ4v) is 5.66. The SMILES string of the molecule is CCCCCCCCC1=CC(C(C)C)(C(C)(C)N(C)C(C)(C)C)c2ccccc21. The fraction of sp³-hybridized carbons (Fsp3) is 0.714. The lowest BCUT2D eigenvalue weighted by atomic mass is 9.60. The number of nitrogens with zero attached hydrogens (tertiary/aromatic N) is 1. The third kappa shape index (κ3) is 4.66. The van der Waals surface area contributed by atoms with Crippen LogP contribution in [0.2, 0.25) is 0 Å². The van der Waals surface area contributed by atoms with Crippen molar-refractivity contribution in [3.63, 3.8) is 0 Å². The van der Waals surface area contributed by atoms with Gasteiger partial charge in [-0.15, -0.1) is 0 Å². The van der Waals surface area contributed by atoms with Gasteiger partial charge in [-0.1, -0.05) is 83.2 Å². The van der Waals surface area contributed by atoms with Gasteiger partial charge in [0.15, 0.2) is 0 Å². The van der Waals surface area contributed by atoms with Crippen LogP contribution in [0.3, 0.4) is 0 Å². The van der Waals surface area contributed by atoms with Crippen LogP contribution < -0.4 is 0 Å². The summed E-state index contributed by atoms with van der Waals surface area (Å²) in [4.78, 5) is 2.60. The molecule has 2 rings (SSSR count). The molecule has 1 aromatic carbocycles. The standard InChI is InChI=1S/C28H47N/c1-10-11-12-13-14-15-18-23-21-28(22(2)3,25-20-17-16-19-24(23)25)27(7,8)29(9)26(4,5)6/h16-17,19-22H,10-15,18H2,1-9H3. The Labute approximate surface area is 182 Å². The average Bonchev–Trinajstić information content (AvgIpc) is 2.99. The molecule has 0 radical (unpaired) electrons. The maximum Gasteiger partial charge on any atom is 0.0346 e. The largest absolute Gasteiger partial charge is 0.295 e. The molecule has 0 aliphatic heterocycles. The molecule has 1 unspecified atom stereocenters. The Morgan fingerprint density at radius 1 is 0.897 bits per heavy atom. The van der Waals surface area contributed by atoms with Gasteiger partial charge in [-0.3, -0.25) is 4.90 Å². The van der Waals surface area contributed by atoms with Gasteiger partial charge in [0.05, 0.1) is 0 Å². The first-order valence-electron chi connectivity index (χ1n) is 12.1. The van der Waals surface area contributed by atoms with E-state index in [2.05, 4.69) is 97.7 Å². The summed E-state index contributed by atoms with van der Waals surface area (Å²) in [5.74, 6) is 0.533. The van der Waals surface area contributed by atoms with Gasteiger partial charge in [-0.05, 0) is 77.1 Å². The molecule has 1 heteroatoms. The zero-order valence-corrected chi connectivity index (χ0v) is 20.9. The summed E-state index contributed by atoms with van der Waals surface area (Å²) in [5.41, 5.74) is 4.79. The third-order valence-electron chi connectivity index (χ3n) is 7.69. The van der Waals surface area contributed by atoms with Gasteiger partial charge in [0.25, 0.3) is 0 Å². The lowest BCUT2D eigenvalue weighted by Crippen LogP contribution is -2.63. The quantitative estimate of drug-likeness (QED) is 0.359. The molecule has 1 nitrogen and oxygen atoms in total. The molecule has 0 N–H and O–H groups in total. The van der Waals surface area contributed by atoms with Crippen molar-refractivity contribution in [1.29, 1.82) is 0 Å². The van der Waals surface area contributed by atoms with Crippen LogP contribution in [0.1, 0.15) is 111 Å². The van der Waals surface area contributed by atoms with Crippen LogP contribution in [-0.2, 0) is 5.41 Å². The van der Waals surface area contributed by atoms with E-state index >= 15 is 0 Å². The maximum absolute atomic E-state index is 2.68. The minimum atomic E-state index is 0.0123. The Kier molecular flexibility index (Phi) is 7.82. The molecule has 1 aliphatic rings. The summed E-state index contributed by atoms with van der Waals surface area (Å²) in [6.07, 6.45) is 12.1. The van der Waals surface area contributed by atoms with Crippen molar-refractivity contribution >= 4 is 5.57 Å². The van der Waals surface area contributed by atoms with Crippen molar-refractivity contribution in [2.24, 2.45) is 5.92 Å². The van der Waals surface area contributed by atoms with Gasteiger partial charge in [-0.2, -0.15) is 0 Å². The Morgan fingerprint density at radius 3 is 2.07 bits per heavy atom. The van der Waals surface area contributed by atoms with E-state index in [4.69, 9.17) is 0 Å². The Balaban J connectivity index is 2.40. The van der Waals surface area contributed by atoms with E-state index in [1.54, 1.807) is 5.57 Å². The fourth-order valence-electron chi connectivity index (χ4n) is 5.66. The number of fused-ring (bicyclic) bond motifs is 1. The minimum absolute atomic E-state index is 0.0123. The van der Waals surface area contributed by atoms with E-state index < -0.39 is 0 Å². The number of rotatable bonds is 10. The second kappa shape index (κ2) is 9.38. The summed E-state index contributed by atoms with van der Waals surface area (Å²) in [6.45, 7) is 19.1. The molecule has 0 saturated carbocycles. The number of hydrogen-bond donors (Lipinski definition) is 0. The Hall–Kier alpha value is -1.08. The highest BCUT2D eigenvalue weighted by Crippen LogP contribution is 2.55. The van der Waals surface area contributed by atoms with Gasteiger partial charge >= 0.3 is 0 Å². The summed E-state index contributed by atoms with van der Waals surface area (Å²) < 4.78 is 0. The van der Waals surface area contributed by atoms with Crippen LogP contribution in [0.4, 0.5) is 0 Å². The predicted octanol–water partition coefficient (Wildman–Crippen LogP) is 8.24. The molecule has 0 heterocycles. The molecule has 0 fully saturated rings. The highest BCUT2D eigenvalue weighted by molar-refractivity contribution is 5.78. The van der Waals surface area contributed by atoms with Crippen LogP contribution in [0.15, 0.2) is 30.3 Å². The number of benzene rings is 1. The highest BCUT2D eigenvalue weighted by atomic mass is 15.2. The van der Waals surface area contributed by atoms with Crippen molar-refractivity contribution in [3.8, 4) is 0 Å². The molecule has 29 heavy (non-hydrogen) atoms. The molecule has 164 valence electrons. The lowest BCUT2D eigenvalue weighted by molar-refractivity contribution is -0.00307. The molecule has 1 atom stereocenters. The van der Waals surface area contributed by atoms with Crippen molar-refractivity contribution in [2.45, 2.75) is 117 Å². The second-order valence-corrected chi connectivity index (χ2v) is 11.0. The molecular formula is C28H47N. The number of hydrogen-bond acceptors (Lipinski definition) is 1. The van der Waals surface area contributed by atoms with Crippen molar-refractivity contribution in [2.75, 3.05) is 7.05 Å². The monoisotopic (exact) mass is 397 g/mol. The van der Waals surface area contributed by atoms with E-state index in [1.165, 1.54) is 56.1 Å². The highest BCUT2D eigenvalue weighted by Gasteiger charge is 2.54. The summed E-state index contributed by atoms with van der Waals surface area (Å²) >= 11 is 0. The first kappa shape index (κ1) is 24.2. The average molecular weight is 398 g/mol. The van der Waals surface area contributed by atoms with Gasteiger partial charge in [0.1, 0.15) is 0 Å². The van der Waals surface area contributed by atoms with E-state index in [0.29, 0.717) is 5.92 Å². The molecule has 0 aromatic heterocycles. The van der Waals surface area contributed by atoms with Crippen LogP contribution in [-0.4, -0.2) is 23.0 Å². The zero-order valence-electron chi connectivity index (χ0n) is 20.9. The topological polar surface area (TPSA) is 3.24 Å². The zero-order chi connectivity index (χ0) is 21.9. The summed E-state index contributed by atoms with van der Waals surface area (Å²) in [5, 5.41) is 0. The molecule has 0 saturated heterocycles. The van der Waals surface area contributed by atoms with Crippen molar-refractivity contribution in [3.05, 3.63) is 41.5 Å². The predicted molar refractivity (Wildman–Crippen MR) is 131 cm³/mol. The maximum atomic E-state index is 2.68. The van der Waals surface area contributed by atoms with E-state index in [9.17, 15) is 0 Å². The van der Waals surface area contributed by atoms with Gasteiger partial charge < -0.3 is 0 Å². The van der Waals surface area contributed by atoms with E-state index in [1.807, 2.05) is 0 Å². The summed E-state index contributed by atoms with van der Waals surface area (Å²) in [7, 11) is 2.31. The minimum Gasteiger partial charge on any atom is -0.295 e. The van der Waals surface area contributed by atoms with E-state index in [-0.39, 0.29) is 16.5 Å². The molecule has 1 aliphatic carbocycles. The first-order chi connectivity index (χ1) is 13.5. The molecule has 1 aromatic rings. The summed E-state index contributed by atoms with van der Waals surface area (Å²) in [6, 6.07) is 9.24. The van der Waals surface area contributed by atoms with Crippen LogP contribution in [0.5, 0.6) is 0 Å². The molecule has 0 spiro atoms. The smallest absolute Gasteiger partial charge is 0.0346 e. The number of likely N-dealkylation sites (N-methyl/N-ethyl adjacent to an activating group) is 1. The molecule has 0 bridgehead atoms. The van der Waals surface area contributed by atoms with Crippen LogP contribution in [0.25, 0.3) is 5.57 Å². The van der Waals surface area contributed by atoms with Gasteiger partial charge in [0, 0.05) is 16.5 Å². The van der Waals surface area contributed by atoms with Crippen LogP contribution >= 0.6 is 0 Å². The van der Waals surface area contributed by atoms with Gasteiger partial charge in [0.2, 0.25) is 0 Å². The van der Waals surface area contributed by atoms with Gasteiger partial charge in [-0.25, -0.2) is 0 Å².